The lowest BCUT2D eigenvalue weighted by atomic mass is 9.83. The molecule has 1 atom stereocenters. The van der Waals surface area contributed by atoms with Crippen LogP contribution in [0.4, 0.5) is 0 Å². The van der Waals surface area contributed by atoms with Crippen LogP contribution in [0.3, 0.4) is 0 Å². The second-order valence-corrected chi connectivity index (χ2v) is 6.22. The van der Waals surface area contributed by atoms with Gasteiger partial charge in [0.1, 0.15) is 0 Å². The van der Waals surface area contributed by atoms with Gasteiger partial charge in [-0.1, -0.05) is 45.4 Å². The molecule has 0 spiro atoms. The lowest BCUT2D eigenvalue weighted by molar-refractivity contribution is 0.0687. The highest BCUT2D eigenvalue weighted by Gasteiger charge is 2.23. The fourth-order valence-corrected chi connectivity index (χ4v) is 3.40. The van der Waals surface area contributed by atoms with Crippen LogP contribution in [0.2, 0.25) is 0 Å². The Kier molecular flexibility index (Phi) is 6.50. The molecule has 0 aromatic carbocycles. The molecule has 2 fully saturated rings. The van der Waals surface area contributed by atoms with E-state index in [-0.39, 0.29) is 0 Å². The Hall–Kier alpha value is -0.0800. The maximum absolute atomic E-state index is 5.95. The van der Waals surface area contributed by atoms with E-state index in [2.05, 4.69) is 12.2 Å². The molecule has 1 unspecified atom stereocenters. The van der Waals surface area contributed by atoms with Crippen molar-refractivity contribution in [2.75, 3.05) is 19.8 Å². The zero-order valence-corrected chi connectivity index (χ0v) is 12.1. The summed E-state index contributed by atoms with van der Waals surface area (Å²) in [6.45, 7) is 5.21. The van der Waals surface area contributed by atoms with Gasteiger partial charge < -0.3 is 10.1 Å². The third kappa shape index (κ3) is 4.55. The predicted octanol–water partition coefficient (Wildman–Crippen LogP) is 3.75. The number of nitrogens with one attached hydrogen (secondary N) is 1. The molecule has 106 valence electrons. The molecule has 2 nitrogen and oxygen atoms in total. The Labute approximate surface area is 113 Å². The van der Waals surface area contributed by atoms with Crippen molar-refractivity contribution < 1.29 is 4.74 Å². The third-order valence-electron chi connectivity index (χ3n) is 4.88. The minimum Gasteiger partial charge on any atom is -0.380 e. The number of likely N-dealkylation sites (N-methyl/N-ethyl adjacent to an activating group) is 1. The standard InChI is InChI=1S/C16H31NO/c1-2-17-16(15-9-4-3-5-10-15)13-18-12-11-14-7-6-8-14/h14-17H,2-13H2,1H3. The molecule has 0 saturated heterocycles. The van der Waals surface area contributed by atoms with E-state index in [0.717, 1.165) is 31.6 Å². The molecule has 0 radical (unpaired) electrons. The molecule has 0 aromatic rings. The molecule has 0 heterocycles. The lowest BCUT2D eigenvalue weighted by Gasteiger charge is -2.31. The lowest BCUT2D eigenvalue weighted by Crippen LogP contribution is -2.41. The fourth-order valence-electron chi connectivity index (χ4n) is 3.40. The molecule has 2 aliphatic carbocycles. The van der Waals surface area contributed by atoms with Gasteiger partial charge in [-0.05, 0) is 37.6 Å². The van der Waals surface area contributed by atoms with Crippen LogP contribution >= 0.6 is 0 Å². The largest absolute Gasteiger partial charge is 0.380 e. The van der Waals surface area contributed by atoms with Gasteiger partial charge in [-0.2, -0.15) is 0 Å². The van der Waals surface area contributed by atoms with Crippen LogP contribution in [-0.4, -0.2) is 25.8 Å². The van der Waals surface area contributed by atoms with Gasteiger partial charge >= 0.3 is 0 Å². The third-order valence-corrected chi connectivity index (χ3v) is 4.88. The maximum Gasteiger partial charge on any atom is 0.0622 e. The number of hydrogen-bond donors (Lipinski definition) is 1. The Bertz CT molecular complexity index is 209. The minimum absolute atomic E-state index is 0.608. The van der Waals surface area contributed by atoms with Crippen LogP contribution < -0.4 is 5.32 Å². The summed E-state index contributed by atoms with van der Waals surface area (Å²) in [6, 6.07) is 0.608. The van der Waals surface area contributed by atoms with Gasteiger partial charge in [0.05, 0.1) is 6.61 Å². The zero-order valence-electron chi connectivity index (χ0n) is 12.1. The van der Waals surface area contributed by atoms with Crippen molar-refractivity contribution in [3.63, 3.8) is 0 Å². The number of rotatable bonds is 8. The normalized spacial score (nSPS) is 23.8. The first kappa shape index (κ1) is 14.3. The van der Waals surface area contributed by atoms with Crippen LogP contribution in [-0.2, 0) is 4.74 Å². The van der Waals surface area contributed by atoms with Crippen molar-refractivity contribution in [2.24, 2.45) is 11.8 Å². The van der Waals surface area contributed by atoms with Gasteiger partial charge in [-0.25, -0.2) is 0 Å². The smallest absolute Gasteiger partial charge is 0.0622 e. The second-order valence-electron chi connectivity index (χ2n) is 6.22. The monoisotopic (exact) mass is 253 g/mol. The number of ether oxygens (including phenoxy) is 1. The SMILES string of the molecule is CCNC(COCCC1CCC1)C1CCCCC1. The minimum atomic E-state index is 0.608. The van der Waals surface area contributed by atoms with Crippen LogP contribution in [0, 0.1) is 11.8 Å². The summed E-state index contributed by atoms with van der Waals surface area (Å²) in [6.07, 6.45) is 12.7. The van der Waals surface area contributed by atoms with E-state index in [9.17, 15) is 0 Å². The van der Waals surface area contributed by atoms with E-state index in [4.69, 9.17) is 4.74 Å². The van der Waals surface area contributed by atoms with Crippen LogP contribution in [0.25, 0.3) is 0 Å². The van der Waals surface area contributed by atoms with Gasteiger partial charge in [0.25, 0.3) is 0 Å². The molecule has 2 heteroatoms. The fraction of sp³-hybridized carbons (Fsp3) is 1.00. The summed E-state index contributed by atoms with van der Waals surface area (Å²) >= 11 is 0. The Morgan fingerprint density at radius 2 is 1.83 bits per heavy atom. The van der Waals surface area contributed by atoms with E-state index in [1.165, 1.54) is 57.8 Å². The molecule has 18 heavy (non-hydrogen) atoms. The van der Waals surface area contributed by atoms with Crippen LogP contribution in [0.15, 0.2) is 0 Å². The first-order chi connectivity index (χ1) is 8.90. The summed E-state index contributed by atoms with van der Waals surface area (Å²) in [5.41, 5.74) is 0. The predicted molar refractivity (Wildman–Crippen MR) is 76.8 cm³/mol. The maximum atomic E-state index is 5.95. The summed E-state index contributed by atoms with van der Waals surface area (Å²) in [5, 5.41) is 3.64. The van der Waals surface area contributed by atoms with Crippen LogP contribution in [0.1, 0.15) is 64.7 Å². The highest BCUT2D eigenvalue weighted by Crippen LogP contribution is 2.29. The van der Waals surface area contributed by atoms with Gasteiger partial charge in [-0.3, -0.25) is 0 Å². The Balaban J connectivity index is 1.61. The van der Waals surface area contributed by atoms with E-state index < -0.39 is 0 Å². The molecule has 0 aromatic heterocycles. The van der Waals surface area contributed by atoms with Crippen molar-refractivity contribution in [3.05, 3.63) is 0 Å². The summed E-state index contributed by atoms with van der Waals surface area (Å²) < 4.78 is 5.95. The molecule has 1 N–H and O–H groups in total. The average Bonchev–Trinajstić information content (AvgIpc) is 2.36. The Morgan fingerprint density at radius 1 is 1.06 bits per heavy atom. The molecular formula is C16H31NO. The van der Waals surface area contributed by atoms with Crippen molar-refractivity contribution in [1.29, 1.82) is 0 Å². The summed E-state index contributed by atoms with van der Waals surface area (Å²) in [7, 11) is 0. The highest BCUT2D eigenvalue weighted by molar-refractivity contribution is 4.79. The van der Waals surface area contributed by atoms with Gasteiger partial charge in [0, 0.05) is 12.6 Å². The number of hydrogen-bond acceptors (Lipinski definition) is 2. The molecule has 0 bridgehead atoms. The molecule has 2 rings (SSSR count). The summed E-state index contributed by atoms with van der Waals surface area (Å²) in [5.74, 6) is 1.85. The van der Waals surface area contributed by atoms with E-state index >= 15 is 0 Å². The Morgan fingerprint density at radius 3 is 2.44 bits per heavy atom. The van der Waals surface area contributed by atoms with Crippen molar-refractivity contribution in [1.82, 2.24) is 5.32 Å². The van der Waals surface area contributed by atoms with E-state index in [1.54, 1.807) is 0 Å². The van der Waals surface area contributed by atoms with Gasteiger partial charge in [-0.15, -0.1) is 0 Å². The molecule has 0 aliphatic heterocycles. The molecule has 2 saturated carbocycles. The van der Waals surface area contributed by atoms with Crippen molar-refractivity contribution in [2.45, 2.75) is 70.8 Å². The molecule has 2 aliphatic rings. The first-order valence-electron chi connectivity index (χ1n) is 8.21. The van der Waals surface area contributed by atoms with E-state index in [0.29, 0.717) is 6.04 Å². The van der Waals surface area contributed by atoms with E-state index in [1.807, 2.05) is 0 Å². The second kappa shape index (κ2) is 8.16. The molecule has 0 amide bonds. The van der Waals surface area contributed by atoms with Gasteiger partial charge in [0.2, 0.25) is 0 Å². The average molecular weight is 253 g/mol. The zero-order chi connectivity index (χ0) is 12.6. The van der Waals surface area contributed by atoms with Crippen molar-refractivity contribution >= 4 is 0 Å². The van der Waals surface area contributed by atoms with Crippen LogP contribution in [0.5, 0.6) is 0 Å². The van der Waals surface area contributed by atoms with Crippen molar-refractivity contribution in [3.8, 4) is 0 Å². The highest BCUT2D eigenvalue weighted by atomic mass is 16.5. The topological polar surface area (TPSA) is 21.3 Å². The van der Waals surface area contributed by atoms with Gasteiger partial charge in [0.15, 0.2) is 0 Å². The summed E-state index contributed by atoms with van der Waals surface area (Å²) in [4.78, 5) is 0. The molecular weight excluding hydrogens is 222 g/mol. The first-order valence-corrected chi connectivity index (χ1v) is 8.21. The quantitative estimate of drug-likeness (QED) is 0.665.